The summed E-state index contributed by atoms with van der Waals surface area (Å²) in [5, 5.41) is 9.56. The highest BCUT2D eigenvalue weighted by molar-refractivity contribution is 5.70. The summed E-state index contributed by atoms with van der Waals surface area (Å²) in [6.45, 7) is 4.16. The number of ether oxygens (including phenoxy) is 2. The van der Waals surface area contributed by atoms with E-state index in [0.717, 1.165) is 38.5 Å². The third-order valence-electron chi connectivity index (χ3n) is 11.7. The second kappa shape index (κ2) is 47.3. The van der Waals surface area contributed by atoms with Crippen LogP contribution in [0.25, 0.3) is 0 Å². The number of hydrogen-bond donors (Lipinski definition) is 1. The zero-order chi connectivity index (χ0) is 40.0. The highest BCUT2D eigenvalue weighted by Gasteiger charge is 2.16. The van der Waals surface area contributed by atoms with Gasteiger partial charge in [0.15, 0.2) is 6.10 Å². The molecule has 1 N–H and O–H groups in total. The highest BCUT2D eigenvalue weighted by Crippen LogP contribution is 2.17. The van der Waals surface area contributed by atoms with Gasteiger partial charge in [-0.05, 0) is 12.8 Å². The summed E-state index contributed by atoms with van der Waals surface area (Å²) in [5.74, 6) is -0.576. The van der Waals surface area contributed by atoms with Crippen LogP contribution in [-0.2, 0) is 19.1 Å². The first-order valence-electron chi connectivity index (χ1n) is 25.1. The minimum atomic E-state index is -0.761. The van der Waals surface area contributed by atoms with E-state index >= 15 is 0 Å². The zero-order valence-corrected chi connectivity index (χ0v) is 37.5. The molecule has 328 valence electrons. The van der Waals surface area contributed by atoms with Crippen molar-refractivity contribution in [1.82, 2.24) is 0 Å². The van der Waals surface area contributed by atoms with Crippen LogP contribution < -0.4 is 0 Å². The quantitative estimate of drug-likeness (QED) is 0.0492. The Kier molecular flexibility index (Phi) is 46.3. The number of carbonyl (C=O) groups excluding carboxylic acids is 2. The Labute approximate surface area is 344 Å². The summed E-state index contributed by atoms with van der Waals surface area (Å²) in [6.07, 6.45) is 55.2. The normalized spacial score (nSPS) is 12.0. The molecule has 0 saturated heterocycles. The van der Waals surface area contributed by atoms with Crippen LogP contribution in [0.5, 0.6) is 0 Å². The molecule has 0 rings (SSSR count). The number of aliphatic hydroxyl groups excluding tert-OH is 1. The maximum atomic E-state index is 12.2. The van der Waals surface area contributed by atoms with E-state index in [-0.39, 0.29) is 25.2 Å². The molecule has 1 atom stereocenters. The Balaban J connectivity index is 3.33. The van der Waals surface area contributed by atoms with E-state index < -0.39 is 6.10 Å². The third kappa shape index (κ3) is 45.5. The Hall–Kier alpha value is -1.10. The summed E-state index contributed by atoms with van der Waals surface area (Å²) in [5.41, 5.74) is 0. The van der Waals surface area contributed by atoms with Gasteiger partial charge < -0.3 is 14.6 Å². The molecule has 0 aliphatic carbocycles. The number of unbranched alkanes of at least 4 members (excludes halogenated alkanes) is 39. The van der Waals surface area contributed by atoms with E-state index in [1.165, 1.54) is 225 Å². The van der Waals surface area contributed by atoms with Crippen molar-refractivity contribution in [2.75, 3.05) is 13.2 Å². The Morgan fingerprint density at radius 1 is 0.345 bits per heavy atom. The lowest BCUT2D eigenvalue weighted by molar-refractivity contribution is -0.161. The molecule has 0 aromatic carbocycles. The van der Waals surface area contributed by atoms with Crippen LogP contribution in [0, 0.1) is 0 Å². The van der Waals surface area contributed by atoms with Crippen molar-refractivity contribution in [1.29, 1.82) is 0 Å². The summed E-state index contributed by atoms with van der Waals surface area (Å²) in [7, 11) is 0. The molecule has 0 radical (unpaired) electrons. The van der Waals surface area contributed by atoms with Crippen molar-refractivity contribution >= 4 is 11.9 Å². The van der Waals surface area contributed by atoms with Gasteiger partial charge in [-0.15, -0.1) is 0 Å². The van der Waals surface area contributed by atoms with E-state index in [1.54, 1.807) is 0 Å². The first-order valence-corrected chi connectivity index (χ1v) is 25.1. The predicted octanol–water partition coefficient (Wildman–Crippen LogP) is 16.2. The Morgan fingerprint density at radius 3 is 0.800 bits per heavy atom. The van der Waals surface area contributed by atoms with Crippen LogP contribution in [0.15, 0.2) is 0 Å². The van der Waals surface area contributed by atoms with Crippen molar-refractivity contribution in [3.8, 4) is 0 Å². The van der Waals surface area contributed by atoms with Crippen LogP contribution in [0.4, 0.5) is 0 Å². The molecule has 0 bridgehead atoms. The number of esters is 2. The molecule has 0 heterocycles. The highest BCUT2D eigenvalue weighted by atomic mass is 16.6. The summed E-state index contributed by atoms with van der Waals surface area (Å²) in [4.78, 5) is 24.2. The molecule has 0 amide bonds. The van der Waals surface area contributed by atoms with Crippen molar-refractivity contribution in [3.05, 3.63) is 0 Å². The van der Waals surface area contributed by atoms with Gasteiger partial charge in [-0.3, -0.25) is 9.59 Å². The number of carbonyl (C=O) groups is 2. The fraction of sp³-hybridized carbons (Fsp3) is 0.960. The number of aliphatic hydroxyl groups is 1. The molecular weight excluding hydrogens is 681 g/mol. The van der Waals surface area contributed by atoms with Crippen molar-refractivity contribution in [3.63, 3.8) is 0 Å². The van der Waals surface area contributed by atoms with E-state index in [4.69, 9.17) is 9.47 Å². The van der Waals surface area contributed by atoms with Gasteiger partial charge >= 0.3 is 11.9 Å². The smallest absolute Gasteiger partial charge is 0.306 e. The van der Waals surface area contributed by atoms with Gasteiger partial charge in [0, 0.05) is 12.8 Å². The molecule has 0 fully saturated rings. The van der Waals surface area contributed by atoms with Crippen molar-refractivity contribution < 1.29 is 24.2 Å². The van der Waals surface area contributed by atoms with Crippen LogP contribution in [-0.4, -0.2) is 36.4 Å². The lowest BCUT2D eigenvalue weighted by Crippen LogP contribution is -2.28. The molecule has 0 aromatic heterocycles. The van der Waals surface area contributed by atoms with Crippen LogP contribution in [0.1, 0.15) is 290 Å². The van der Waals surface area contributed by atoms with Crippen LogP contribution >= 0.6 is 0 Å². The van der Waals surface area contributed by atoms with E-state index in [1.807, 2.05) is 0 Å². The molecule has 55 heavy (non-hydrogen) atoms. The van der Waals surface area contributed by atoms with Gasteiger partial charge in [-0.25, -0.2) is 0 Å². The van der Waals surface area contributed by atoms with Crippen LogP contribution in [0.3, 0.4) is 0 Å². The molecule has 0 aromatic rings. The molecule has 5 nitrogen and oxygen atoms in total. The van der Waals surface area contributed by atoms with Gasteiger partial charge in [0.2, 0.25) is 0 Å². The fourth-order valence-corrected chi connectivity index (χ4v) is 7.85. The number of hydrogen-bond acceptors (Lipinski definition) is 5. The molecule has 0 aliphatic heterocycles. The summed E-state index contributed by atoms with van der Waals surface area (Å²) in [6, 6.07) is 0. The lowest BCUT2D eigenvalue weighted by atomic mass is 10.0. The zero-order valence-electron chi connectivity index (χ0n) is 37.5. The minimum Gasteiger partial charge on any atom is -0.462 e. The van der Waals surface area contributed by atoms with E-state index in [0.29, 0.717) is 12.8 Å². The van der Waals surface area contributed by atoms with Crippen molar-refractivity contribution in [2.45, 2.75) is 296 Å². The third-order valence-corrected chi connectivity index (χ3v) is 11.7. The van der Waals surface area contributed by atoms with E-state index in [2.05, 4.69) is 13.8 Å². The molecule has 0 aliphatic rings. The molecule has 0 spiro atoms. The first kappa shape index (κ1) is 53.9. The Bertz CT molecular complexity index is 754. The fourth-order valence-electron chi connectivity index (χ4n) is 7.85. The van der Waals surface area contributed by atoms with Crippen molar-refractivity contribution in [2.24, 2.45) is 0 Å². The number of rotatable bonds is 47. The maximum Gasteiger partial charge on any atom is 0.306 e. The summed E-state index contributed by atoms with van der Waals surface area (Å²) >= 11 is 0. The van der Waals surface area contributed by atoms with E-state index in [9.17, 15) is 14.7 Å². The van der Waals surface area contributed by atoms with Gasteiger partial charge in [0.25, 0.3) is 0 Å². The topological polar surface area (TPSA) is 72.8 Å². The Morgan fingerprint density at radius 2 is 0.564 bits per heavy atom. The molecule has 5 heteroatoms. The monoisotopic (exact) mass is 779 g/mol. The standard InChI is InChI=1S/C50H98O5/c1-3-5-7-9-11-13-14-15-16-17-18-19-20-21-22-23-24-25-26-27-28-29-30-31-32-33-34-35-37-39-41-43-45-50(53)55-48(46-51)47-54-49(52)44-42-40-38-36-12-10-8-6-4-2/h48,51H,3-47H2,1-2H3. The predicted molar refractivity (Wildman–Crippen MR) is 238 cm³/mol. The average Bonchev–Trinajstić information content (AvgIpc) is 3.19. The molecule has 0 saturated carbocycles. The molecule has 1 unspecified atom stereocenters. The van der Waals surface area contributed by atoms with Crippen LogP contribution in [0.2, 0.25) is 0 Å². The second-order valence-corrected chi connectivity index (χ2v) is 17.3. The van der Waals surface area contributed by atoms with Gasteiger partial charge in [-0.2, -0.15) is 0 Å². The second-order valence-electron chi connectivity index (χ2n) is 17.3. The summed E-state index contributed by atoms with van der Waals surface area (Å²) < 4.78 is 10.6. The molecular formula is C50H98O5. The minimum absolute atomic E-state index is 0.0574. The SMILES string of the molecule is CCCCCCCCCCCCCCCCCCCCCCCCCCCCCCCCCCC(=O)OC(CO)COC(=O)CCCCCCCCCCC. The first-order chi connectivity index (χ1) is 27.1. The maximum absolute atomic E-state index is 12.2. The van der Waals surface area contributed by atoms with Gasteiger partial charge in [-0.1, -0.05) is 264 Å². The largest absolute Gasteiger partial charge is 0.462 e. The lowest BCUT2D eigenvalue weighted by Gasteiger charge is -2.15. The average molecular weight is 779 g/mol. The van der Waals surface area contributed by atoms with Gasteiger partial charge in [0.1, 0.15) is 6.61 Å². The van der Waals surface area contributed by atoms with Gasteiger partial charge in [0.05, 0.1) is 6.61 Å².